The molecule has 0 radical (unpaired) electrons. The van der Waals surface area contributed by atoms with E-state index in [-0.39, 0.29) is 24.5 Å². The molecule has 33 heavy (non-hydrogen) atoms. The summed E-state index contributed by atoms with van der Waals surface area (Å²) in [6.07, 6.45) is -3.81. The number of hydrogen-bond donors (Lipinski definition) is 0. The molecule has 180 valence electrons. The Morgan fingerprint density at radius 2 is 1.64 bits per heavy atom. The van der Waals surface area contributed by atoms with Gasteiger partial charge in [0.05, 0.1) is 18.3 Å². The smallest absolute Gasteiger partial charge is 0.368 e. The summed E-state index contributed by atoms with van der Waals surface area (Å²) < 4.78 is 44.6. The zero-order valence-corrected chi connectivity index (χ0v) is 19.7. The summed E-state index contributed by atoms with van der Waals surface area (Å²) in [4.78, 5) is 16.6. The molecule has 1 amide bonds. The first-order valence-corrected chi connectivity index (χ1v) is 11.6. The summed E-state index contributed by atoms with van der Waals surface area (Å²) in [6, 6.07) is 12.4. The highest BCUT2D eigenvalue weighted by molar-refractivity contribution is 6.30. The highest BCUT2D eigenvalue weighted by Crippen LogP contribution is 2.30. The summed E-state index contributed by atoms with van der Waals surface area (Å²) in [5, 5.41) is 0.623. The third-order valence-corrected chi connectivity index (χ3v) is 6.37. The van der Waals surface area contributed by atoms with Crippen LogP contribution in [0.25, 0.3) is 0 Å². The van der Waals surface area contributed by atoms with E-state index in [1.807, 2.05) is 30.9 Å². The molecule has 1 fully saturated rings. The van der Waals surface area contributed by atoms with E-state index in [2.05, 4.69) is 4.90 Å². The fraction of sp³-hybridized carbons (Fsp3) is 0.480. The lowest BCUT2D eigenvalue weighted by atomic mass is 10.1. The van der Waals surface area contributed by atoms with Crippen LogP contribution in [0.5, 0.6) is 0 Å². The van der Waals surface area contributed by atoms with Gasteiger partial charge in [-0.25, -0.2) is 0 Å². The highest BCUT2D eigenvalue weighted by atomic mass is 35.5. The van der Waals surface area contributed by atoms with Gasteiger partial charge in [0.25, 0.3) is 0 Å². The number of ether oxygens (including phenoxy) is 1. The Morgan fingerprint density at radius 3 is 2.18 bits per heavy atom. The molecule has 1 aliphatic heterocycles. The van der Waals surface area contributed by atoms with Crippen molar-refractivity contribution in [2.45, 2.75) is 39.2 Å². The van der Waals surface area contributed by atoms with E-state index in [0.29, 0.717) is 30.2 Å². The lowest BCUT2D eigenvalue weighted by Crippen LogP contribution is -2.50. The maximum Gasteiger partial charge on any atom is 0.416 e. The van der Waals surface area contributed by atoms with Crippen LogP contribution in [-0.4, -0.2) is 48.4 Å². The summed E-state index contributed by atoms with van der Waals surface area (Å²) in [5.74, 6) is 0.232. The Bertz CT molecular complexity index is 895. The molecule has 1 heterocycles. The molecule has 8 heteroatoms. The summed E-state index contributed by atoms with van der Waals surface area (Å²) in [5.41, 5.74) is 0.945. The first-order chi connectivity index (χ1) is 15.7. The molecule has 2 unspecified atom stereocenters. The molecule has 0 saturated carbocycles. The quantitative estimate of drug-likeness (QED) is 0.476. The van der Waals surface area contributed by atoms with Crippen LogP contribution in [0.1, 0.15) is 43.1 Å². The molecule has 1 aliphatic rings. The Balaban J connectivity index is 1.63. The van der Waals surface area contributed by atoms with Crippen molar-refractivity contribution in [3.8, 4) is 0 Å². The molecule has 0 spiro atoms. The third kappa shape index (κ3) is 7.19. The minimum atomic E-state index is -4.36. The Labute approximate surface area is 198 Å². The van der Waals surface area contributed by atoms with Gasteiger partial charge in [0.1, 0.15) is 0 Å². The van der Waals surface area contributed by atoms with E-state index >= 15 is 0 Å². The van der Waals surface area contributed by atoms with Gasteiger partial charge in [0.15, 0.2) is 0 Å². The van der Waals surface area contributed by atoms with E-state index in [1.165, 1.54) is 12.1 Å². The van der Waals surface area contributed by atoms with Crippen molar-refractivity contribution in [2.75, 3.05) is 32.7 Å². The van der Waals surface area contributed by atoms with Crippen LogP contribution in [0.4, 0.5) is 13.2 Å². The van der Waals surface area contributed by atoms with Crippen LogP contribution in [0.15, 0.2) is 48.5 Å². The SMILES string of the molecule is CCC(C)C(=O)N1CCN(CC(OCc2ccc(C(F)(F)F)cc2)c2ccc(Cl)cc2)CC1. The molecule has 0 bridgehead atoms. The van der Waals surface area contributed by atoms with Crippen LogP contribution in [0, 0.1) is 5.92 Å². The molecule has 2 atom stereocenters. The van der Waals surface area contributed by atoms with Crippen molar-refractivity contribution in [3.05, 3.63) is 70.2 Å². The van der Waals surface area contributed by atoms with E-state index in [1.54, 1.807) is 12.1 Å². The highest BCUT2D eigenvalue weighted by Gasteiger charge is 2.30. The van der Waals surface area contributed by atoms with Gasteiger partial charge in [-0.2, -0.15) is 13.2 Å². The number of amides is 1. The summed E-state index contributed by atoms with van der Waals surface area (Å²) in [7, 11) is 0. The fourth-order valence-corrected chi connectivity index (χ4v) is 3.92. The number of carbonyl (C=O) groups is 1. The summed E-state index contributed by atoms with van der Waals surface area (Å²) in [6.45, 7) is 7.63. The van der Waals surface area contributed by atoms with Gasteiger partial charge in [0, 0.05) is 43.7 Å². The van der Waals surface area contributed by atoms with Gasteiger partial charge < -0.3 is 9.64 Å². The minimum Gasteiger partial charge on any atom is -0.368 e. The number of hydrogen-bond acceptors (Lipinski definition) is 3. The lowest BCUT2D eigenvalue weighted by molar-refractivity contribution is -0.138. The first kappa shape index (κ1) is 25.5. The molecule has 0 N–H and O–H groups in total. The topological polar surface area (TPSA) is 32.8 Å². The van der Waals surface area contributed by atoms with Crippen molar-refractivity contribution in [3.63, 3.8) is 0 Å². The predicted molar refractivity (Wildman–Crippen MR) is 123 cm³/mol. The normalized spacial score (nSPS) is 17.1. The molecule has 4 nitrogen and oxygen atoms in total. The van der Waals surface area contributed by atoms with Gasteiger partial charge in [-0.05, 0) is 41.8 Å². The number of piperazine rings is 1. The molecule has 1 saturated heterocycles. The lowest BCUT2D eigenvalue weighted by Gasteiger charge is -2.37. The van der Waals surface area contributed by atoms with Crippen molar-refractivity contribution >= 4 is 17.5 Å². The maximum absolute atomic E-state index is 12.8. The first-order valence-electron chi connectivity index (χ1n) is 11.2. The van der Waals surface area contributed by atoms with Gasteiger partial charge in [0.2, 0.25) is 5.91 Å². The van der Waals surface area contributed by atoms with Crippen LogP contribution in [-0.2, 0) is 22.3 Å². The molecular formula is C25H30ClF3N2O2. The number of alkyl halides is 3. The van der Waals surface area contributed by atoms with Crippen molar-refractivity contribution in [1.82, 2.24) is 9.80 Å². The van der Waals surface area contributed by atoms with Gasteiger partial charge in [-0.1, -0.05) is 49.7 Å². The van der Waals surface area contributed by atoms with E-state index < -0.39 is 11.7 Å². The van der Waals surface area contributed by atoms with Crippen molar-refractivity contribution in [2.24, 2.45) is 5.92 Å². The second-order valence-electron chi connectivity index (χ2n) is 8.48. The van der Waals surface area contributed by atoms with Crippen LogP contribution < -0.4 is 0 Å². The van der Waals surface area contributed by atoms with Crippen LogP contribution in [0.3, 0.4) is 0 Å². The average Bonchev–Trinajstić information content (AvgIpc) is 2.81. The Morgan fingerprint density at radius 1 is 1.03 bits per heavy atom. The molecule has 0 aromatic heterocycles. The molecular weight excluding hydrogens is 453 g/mol. The number of benzene rings is 2. The predicted octanol–water partition coefficient (Wildman–Crippen LogP) is 5.81. The molecule has 2 aromatic rings. The maximum atomic E-state index is 12.8. The van der Waals surface area contributed by atoms with E-state index in [9.17, 15) is 18.0 Å². The second kappa shape index (κ2) is 11.4. The Kier molecular flexibility index (Phi) is 8.79. The van der Waals surface area contributed by atoms with Crippen LogP contribution in [0.2, 0.25) is 5.02 Å². The fourth-order valence-electron chi connectivity index (χ4n) is 3.79. The van der Waals surface area contributed by atoms with E-state index in [0.717, 1.165) is 37.2 Å². The van der Waals surface area contributed by atoms with E-state index in [4.69, 9.17) is 16.3 Å². The van der Waals surface area contributed by atoms with Crippen LogP contribution >= 0.6 is 11.6 Å². The van der Waals surface area contributed by atoms with Crippen molar-refractivity contribution in [1.29, 1.82) is 0 Å². The second-order valence-corrected chi connectivity index (χ2v) is 8.92. The molecule has 3 rings (SSSR count). The van der Waals surface area contributed by atoms with Crippen molar-refractivity contribution < 1.29 is 22.7 Å². The summed E-state index contributed by atoms with van der Waals surface area (Å²) >= 11 is 6.04. The van der Waals surface area contributed by atoms with Gasteiger partial charge >= 0.3 is 6.18 Å². The number of nitrogens with zero attached hydrogens (tertiary/aromatic N) is 2. The molecule has 0 aliphatic carbocycles. The standard InChI is InChI=1S/C25H30ClF3N2O2/c1-3-18(2)24(32)31-14-12-30(13-15-31)16-23(20-6-10-22(26)11-7-20)33-17-19-4-8-21(9-5-19)25(27,28)29/h4-11,18,23H,3,12-17H2,1-2H3. The molecule has 2 aromatic carbocycles. The minimum absolute atomic E-state index is 0.0328. The third-order valence-electron chi connectivity index (χ3n) is 6.12. The van der Waals surface area contributed by atoms with Gasteiger partial charge in [-0.3, -0.25) is 9.69 Å². The number of rotatable bonds is 8. The monoisotopic (exact) mass is 482 g/mol. The number of halogens is 4. The zero-order valence-electron chi connectivity index (χ0n) is 18.9. The number of carbonyl (C=O) groups excluding carboxylic acids is 1. The van der Waals surface area contributed by atoms with Gasteiger partial charge in [-0.15, -0.1) is 0 Å². The zero-order chi connectivity index (χ0) is 24.0. The largest absolute Gasteiger partial charge is 0.416 e. The average molecular weight is 483 g/mol. The Hall–Kier alpha value is -2.09.